The third kappa shape index (κ3) is 3.67. The van der Waals surface area contributed by atoms with Crippen LogP contribution in [0.2, 0.25) is 0 Å². The second-order valence-electron chi connectivity index (χ2n) is 5.62. The number of pyridine rings is 1. The fraction of sp³-hybridized carbons (Fsp3) is 0.294. The highest BCUT2D eigenvalue weighted by Gasteiger charge is 2.33. The molecule has 1 aliphatic heterocycles. The van der Waals surface area contributed by atoms with E-state index in [2.05, 4.69) is 4.98 Å². The first-order chi connectivity index (χ1) is 11.4. The van der Waals surface area contributed by atoms with Crippen molar-refractivity contribution in [3.63, 3.8) is 0 Å². The highest BCUT2D eigenvalue weighted by atomic mass is 19.4. The molecule has 24 heavy (non-hydrogen) atoms. The van der Waals surface area contributed by atoms with Gasteiger partial charge in [-0.25, -0.2) is 0 Å². The van der Waals surface area contributed by atoms with Crippen molar-refractivity contribution in [3.8, 4) is 0 Å². The molecule has 0 radical (unpaired) electrons. The predicted molar refractivity (Wildman–Crippen MR) is 83.3 cm³/mol. The number of hydrogen-bond donors (Lipinski definition) is 0. The Morgan fingerprint density at radius 2 is 1.83 bits per heavy atom. The van der Waals surface area contributed by atoms with E-state index in [0.717, 1.165) is 17.8 Å². The Morgan fingerprint density at radius 1 is 1.08 bits per heavy atom. The van der Waals surface area contributed by atoms with Crippen LogP contribution in [0.1, 0.15) is 11.3 Å². The molecular weight excluding hydrogens is 319 g/mol. The summed E-state index contributed by atoms with van der Waals surface area (Å²) in [6.07, 6.45) is -3.37. The lowest BCUT2D eigenvalue weighted by molar-refractivity contribution is -0.141. The van der Waals surface area contributed by atoms with E-state index >= 15 is 0 Å². The van der Waals surface area contributed by atoms with Crippen LogP contribution in [0.3, 0.4) is 0 Å². The summed E-state index contributed by atoms with van der Waals surface area (Å²) in [5.41, 5.74) is 0.451. The van der Waals surface area contributed by atoms with Crippen molar-refractivity contribution in [2.75, 3.05) is 24.5 Å². The topological polar surface area (TPSA) is 36.4 Å². The van der Waals surface area contributed by atoms with E-state index in [4.69, 9.17) is 0 Å². The zero-order valence-electron chi connectivity index (χ0n) is 12.8. The van der Waals surface area contributed by atoms with Crippen molar-refractivity contribution in [2.24, 2.45) is 0 Å². The van der Waals surface area contributed by atoms with E-state index in [0.29, 0.717) is 25.3 Å². The first kappa shape index (κ1) is 16.3. The van der Waals surface area contributed by atoms with E-state index in [1.807, 2.05) is 30.3 Å². The minimum atomic E-state index is -4.49. The second kappa shape index (κ2) is 6.51. The lowest BCUT2D eigenvalue weighted by Crippen LogP contribution is -2.50. The molecular formula is C17H16F3N3O. The molecule has 1 aromatic carbocycles. The Balaban J connectivity index is 1.68. The number of aromatic nitrogens is 1. The third-order valence-corrected chi connectivity index (χ3v) is 3.93. The molecule has 1 aromatic heterocycles. The Hall–Kier alpha value is -2.57. The smallest absolute Gasteiger partial charge is 0.360 e. The number of nitrogens with zero attached hydrogens (tertiary/aromatic N) is 3. The fourth-order valence-corrected chi connectivity index (χ4v) is 2.67. The number of alkyl halides is 3. The molecule has 1 amide bonds. The van der Waals surface area contributed by atoms with Gasteiger partial charge in [-0.05, 0) is 17.7 Å². The van der Waals surface area contributed by atoms with Crippen LogP contribution in [0.5, 0.6) is 0 Å². The second-order valence-corrected chi connectivity index (χ2v) is 5.62. The van der Waals surface area contributed by atoms with Gasteiger partial charge in [-0.1, -0.05) is 30.3 Å². The Bertz CT molecular complexity index is 719. The minimum absolute atomic E-state index is 0.0636. The van der Waals surface area contributed by atoms with Gasteiger partial charge in [0, 0.05) is 31.5 Å². The average molecular weight is 335 g/mol. The summed E-state index contributed by atoms with van der Waals surface area (Å²) in [6.45, 7) is 1.53. The fourth-order valence-electron chi connectivity index (χ4n) is 2.67. The van der Waals surface area contributed by atoms with Gasteiger partial charge in [0.05, 0.1) is 6.54 Å². The number of benzene rings is 1. The van der Waals surface area contributed by atoms with Gasteiger partial charge < -0.3 is 9.80 Å². The van der Waals surface area contributed by atoms with Gasteiger partial charge in [0.2, 0.25) is 5.91 Å². The van der Waals surface area contributed by atoms with Crippen molar-refractivity contribution in [1.29, 1.82) is 0 Å². The molecule has 126 valence electrons. The Morgan fingerprint density at radius 3 is 2.50 bits per heavy atom. The molecule has 0 saturated carbocycles. The molecule has 0 atom stereocenters. The minimum Gasteiger partial charge on any atom is -0.360 e. The Labute approximate surface area is 137 Å². The zero-order chi connectivity index (χ0) is 17.2. The third-order valence-electron chi connectivity index (χ3n) is 3.93. The number of carbonyl (C=O) groups is 1. The van der Waals surface area contributed by atoms with Crippen LogP contribution >= 0.6 is 0 Å². The molecule has 0 N–H and O–H groups in total. The summed E-state index contributed by atoms with van der Waals surface area (Å²) in [5, 5.41) is 0. The number of halogens is 3. The first-order valence-electron chi connectivity index (χ1n) is 7.53. The SMILES string of the molecule is O=C1CN(c2ccnc(C(F)(F)F)c2)CCN1Cc1ccccc1. The predicted octanol–water partition coefficient (Wildman–Crippen LogP) is 2.95. The molecule has 0 spiro atoms. The van der Waals surface area contributed by atoms with Crippen LogP contribution in [0.4, 0.5) is 18.9 Å². The number of rotatable bonds is 3. The monoisotopic (exact) mass is 335 g/mol. The molecule has 2 heterocycles. The largest absolute Gasteiger partial charge is 0.433 e. The van der Waals surface area contributed by atoms with Gasteiger partial charge in [-0.3, -0.25) is 9.78 Å². The van der Waals surface area contributed by atoms with Crippen molar-refractivity contribution < 1.29 is 18.0 Å². The van der Waals surface area contributed by atoms with Gasteiger partial charge in [0.15, 0.2) is 0 Å². The molecule has 0 unspecified atom stereocenters. The summed E-state index contributed by atoms with van der Waals surface area (Å²) in [4.78, 5) is 19.0. The average Bonchev–Trinajstić information content (AvgIpc) is 2.57. The lowest BCUT2D eigenvalue weighted by Gasteiger charge is -2.35. The lowest BCUT2D eigenvalue weighted by atomic mass is 10.2. The maximum atomic E-state index is 12.8. The standard InChI is InChI=1S/C17H16F3N3O/c18-17(19,20)15-10-14(6-7-21-15)22-8-9-23(16(24)12-22)11-13-4-2-1-3-5-13/h1-7,10H,8-9,11-12H2. The molecule has 7 heteroatoms. The summed E-state index contributed by atoms with van der Waals surface area (Å²) >= 11 is 0. The summed E-state index contributed by atoms with van der Waals surface area (Å²) < 4.78 is 38.3. The van der Waals surface area contributed by atoms with Crippen LogP contribution in [0.15, 0.2) is 48.7 Å². The zero-order valence-corrected chi connectivity index (χ0v) is 12.8. The number of piperazine rings is 1. The van der Waals surface area contributed by atoms with E-state index in [1.165, 1.54) is 6.07 Å². The van der Waals surface area contributed by atoms with Gasteiger partial charge >= 0.3 is 6.18 Å². The molecule has 1 saturated heterocycles. The van der Waals surface area contributed by atoms with Crippen molar-refractivity contribution in [2.45, 2.75) is 12.7 Å². The molecule has 0 aliphatic carbocycles. The molecule has 4 nitrogen and oxygen atoms in total. The number of hydrogen-bond acceptors (Lipinski definition) is 3. The molecule has 1 fully saturated rings. The van der Waals surface area contributed by atoms with Crippen LogP contribution in [0.25, 0.3) is 0 Å². The summed E-state index contributed by atoms with van der Waals surface area (Å²) in [5.74, 6) is -0.101. The van der Waals surface area contributed by atoms with Crippen LogP contribution in [-0.2, 0) is 17.5 Å². The molecule has 0 bridgehead atoms. The summed E-state index contributed by atoms with van der Waals surface area (Å²) in [6, 6.07) is 12.1. The first-order valence-corrected chi connectivity index (χ1v) is 7.53. The normalized spacial score (nSPS) is 15.7. The summed E-state index contributed by atoms with van der Waals surface area (Å²) in [7, 11) is 0. The quantitative estimate of drug-likeness (QED) is 0.865. The van der Waals surface area contributed by atoms with Crippen LogP contribution in [0, 0.1) is 0 Å². The molecule has 3 rings (SSSR count). The van der Waals surface area contributed by atoms with Crippen LogP contribution < -0.4 is 4.90 Å². The molecule has 1 aliphatic rings. The van der Waals surface area contributed by atoms with Gasteiger partial charge in [0.1, 0.15) is 5.69 Å². The number of amides is 1. The Kier molecular flexibility index (Phi) is 4.42. The van der Waals surface area contributed by atoms with Gasteiger partial charge in [-0.2, -0.15) is 13.2 Å². The highest BCUT2D eigenvalue weighted by Crippen LogP contribution is 2.30. The van der Waals surface area contributed by atoms with E-state index in [9.17, 15) is 18.0 Å². The van der Waals surface area contributed by atoms with Crippen molar-refractivity contribution in [3.05, 3.63) is 59.9 Å². The van der Waals surface area contributed by atoms with E-state index < -0.39 is 11.9 Å². The van der Waals surface area contributed by atoms with Gasteiger partial charge in [-0.15, -0.1) is 0 Å². The molecule has 2 aromatic rings. The maximum Gasteiger partial charge on any atom is 0.433 e. The number of anilines is 1. The van der Waals surface area contributed by atoms with Gasteiger partial charge in [0.25, 0.3) is 0 Å². The van der Waals surface area contributed by atoms with Crippen molar-refractivity contribution >= 4 is 11.6 Å². The van der Waals surface area contributed by atoms with E-state index in [1.54, 1.807) is 9.80 Å². The van der Waals surface area contributed by atoms with E-state index in [-0.39, 0.29) is 12.5 Å². The maximum absolute atomic E-state index is 12.8. The highest BCUT2D eigenvalue weighted by molar-refractivity contribution is 5.82. The number of carbonyl (C=O) groups excluding carboxylic acids is 1. The van der Waals surface area contributed by atoms with Crippen LogP contribution in [-0.4, -0.2) is 35.4 Å². The van der Waals surface area contributed by atoms with Crippen molar-refractivity contribution in [1.82, 2.24) is 9.88 Å².